The molecule has 2 rings (SSSR count). The number of unbranched alkanes of at least 4 members (excludes halogenated alkanes) is 3. The van der Waals surface area contributed by atoms with Crippen LogP contribution in [0.5, 0.6) is 11.5 Å². The molecule has 0 unspecified atom stereocenters. The van der Waals surface area contributed by atoms with Crippen LogP contribution in [0.25, 0.3) is 6.08 Å². The first-order chi connectivity index (χ1) is 14.0. The fourth-order valence-corrected chi connectivity index (χ4v) is 2.77. The molecule has 0 fully saturated rings. The van der Waals surface area contributed by atoms with E-state index in [1.165, 1.54) is 18.9 Å². The number of hydrogen-bond acceptors (Lipinski definition) is 4. The van der Waals surface area contributed by atoms with E-state index in [9.17, 15) is 9.59 Å². The zero-order chi connectivity index (χ0) is 21.1. The third-order valence-electron chi connectivity index (χ3n) is 4.32. The van der Waals surface area contributed by atoms with Crippen LogP contribution in [0.1, 0.15) is 48.5 Å². The molecule has 0 aliphatic rings. The summed E-state index contributed by atoms with van der Waals surface area (Å²) in [5, 5.41) is 2.66. The van der Waals surface area contributed by atoms with E-state index in [0.717, 1.165) is 18.4 Å². The van der Waals surface area contributed by atoms with Gasteiger partial charge in [-0.15, -0.1) is 0 Å². The second kappa shape index (κ2) is 11.5. The summed E-state index contributed by atoms with van der Waals surface area (Å²) in [6, 6.07) is 12.1. The van der Waals surface area contributed by atoms with E-state index in [0.29, 0.717) is 23.8 Å². The number of nitrogens with two attached hydrogens (primary N) is 1. The summed E-state index contributed by atoms with van der Waals surface area (Å²) < 4.78 is 11.2. The van der Waals surface area contributed by atoms with Gasteiger partial charge in [-0.3, -0.25) is 9.59 Å². The minimum atomic E-state index is -0.597. The SMILES string of the molecule is CCCCCCOc1ccc(C=CC(=O)Nc2ccccc2C(N)=O)cc1OC. The lowest BCUT2D eigenvalue weighted by Crippen LogP contribution is -2.16. The number of hydrogen-bond donors (Lipinski definition) is 2. The Balaban J connectivity index is 1.99. The normalized spacial score (nSPS) is 10.7. The van der Waals surface area contributed by atoms with E-state index >= 15 is 0 Å². The highest BCUT2D eigenvalue weighted by Crippen LogP contribution is 2.29. The first-order valence-corrected chi connectivity index (χ1v) is 9.74. The van der Waals surface area contributed by atoms with Gasteiger partial charge in [-0.25, -0.2) is 0 Å². The van der Waals surface area contributed by atoms with Gasteiger partial charge in [0.05, 0.1) is 25.0 Å². The molecule has 2 aromatic carbocycles. The third-order valence-corrected chi connectivity index (χ3v) is 4.32. The van der Waals surface area contributed by atoms with Crippen molar-refractivity contribution in [2.24, 2.45) is 5.73 Å². The van der Waals surface area contributed by atoms with Gasteiger partial charge >= 0.3 is 0 Å². The van der Waals surface area contributed by atoms with Crippen LogP contribution in [0.3, 0.4) is 0 Å². The smallest absolute Gasteiger partial charge is 0.250 e. The number of benzene rings is 2. The first kappa shape index (κ1) is 22.0. The molecule has 0 saturated heterocycles. The summed E-state index contributed by atoms with van der Waals surface area (Å²) in [4.78, 5) is 23.6. The van der Waals surface area contributed by atoms with Crippen molar-refractivity contribution in [2.45, 2.75) is 32.6 Å². The first-order valence-electron chi connectivity index (χ1n) is 9.74. The fourth-order valence-electron chi connectivity index (χ4n) is 2.77. The van der Waals surface area contributed by atoms with Gasteiger partial charge in [0.15, 0.2) is 11.5 Å². The van der Waals surface area contributed by atoms with Gasteiger partial charge in [-0.1, -0.05) is 44.4 Å². The number of nitrogens with one attached hydrogen (secondary N) is 1. The highest BCUT2D eigenvalue weighted by Gasteiger charge is 2.09. The number of anilines is 1. The molecule has 154 valence electrons. The highest BCUT2D eigenvalue weighted by atomic mass is 16.5. The van der Waals surface area contributed by atoms with E-state index in [1.807, 2.05) is 18.2 Å². The summed E-state index contributed by atoms with van der Waals surface area (Å²) in [5.41, 5.74) is 6.75. The second-order valence-electron chi connectivity index (χ2n) is 6.55. The van der Waals surface area contributed by atoms with Crippen molar-refractivity contribution in [3.63, 3.8) is 0 Å². The molecular formula is C23H28N2O4. The van der Waals surface area contributed by atoms with E-state index in [1.54, 1.807) is 37.5 Å². The average molecular weight is 396 g/mol. The molecule has 6 nitrogen and oxygen atoms in total. The Hall–Kier alpha value is -3.28. The van der Waals surface area contributed by atoms with Crippen LogP contribution in [0.4, 0.5) is 5.69 Å². The van der Waals surface area contributed by atoms with Crippen LogP contribution in [-0.2, 0) is 4.79 Å². The van der Waals surface area contributed by atoms with Gasteiger partial charge in [-0.05, 0) is 42.3 Å². The zero-order valence-corrected chi connectivity index (χ0v) is 16.9. The van der Waals surface area contributed by atoms with Crippen LogP contribution in [0.2, 0.25) is 0 Å². The Morgan fingerprint density at radius 2 is 1.86 bits per heavy atom. The van der Waals surface area contributed by atoms with Gasteiger partial charge < -0.3 is 20.5 Å². The Kier molecular flexibility index (Phi) is 8.76. The summed E-state index contributed by atoms with van der Waals surface area (Å²) in [6.45, 7) is 2.82. The van der Waals surface area contributed by atoms with Crippen molar-refractivity contribution >= 4 is 23.6 Å². The average Bonchev–Trinajstić information content (AvgIpc) is 2.72. The Morgan fingerprint density at radius 1 is 1.07 bits per heavy atom. The minimum absolute atomic E-state index is 0.261. The molecule has 6 heteroatoms. The summed E-state index contributed by atoms with van der Waals surface area (Å²) in [5.74, 6) is 0.330. The van der Waals surface area contributed by atoms with E-state index in [-0.39, 0.29) is 11.5 Å². The predicted molar refractivity (Wildman–Crippen MR) is 115 cm³/mol. The van der Waals surface area contributed by atoms with Crippen molar-refractivity contribution in [1.29, 1.82) is 0 Å². The van der Waals surface area contributed by atoms with Crippen molar-refractivity contribution in [3.05, 3.63) is 59.7 Å². The maximum Gasteiger partial charge on any atom is 0.250 e. The molecule has 0 saturated carbocycles. The van der Waals surface area contributed by atoms with Crippen molar-refractivity contribution in [1.82, 2.24) is 0 Å². The molecule has 0 heterocycles. The highest BCUT2D eigenvalue weighted by molar-refractivity contribution is 6.07. The Bertz CT molecular complexity index is 862. The van der Waals surface area contributed by atoms with Crippen LogP contribution in [0.15, 0.2) is 48.5 Å². The molecule has 2 aromatic rings. The van der Waals surface area contributed by atoms with Crippen LogP contribution in [0, 0.1) is 0 Å². The number of primary amides is 1. The molecule has 0 spiro atoms. The lowest BCUT2D eigenvalue weighted by molar-refractivity contribution is -0.111. The van der Waals surface area contributed by atoms with Crippen LogP contribution in [-0.4, -0.2) is 25.5 Å². The van der Waals surface area contributed by atoms with E-state index in [2.05, 4.69) is 12.2 Å². The molecule has 0 bridgehead atoms. The van der Waals surface area contributed by atoms with Crippen LogP contribution < -0.4 is 20.5 Å². The number of amides is 2. The standard InChI is InChI=1S/C23H28N2O4/c1-3-4-5-8-15-29-20-13-11-17(16-21(20)28-2)12-14-22(26)25-19-10-7-6-9-18(19)23(24)27/h6-7,9-14,16H,3-5,8,15H2,1-2H3,(H2,24,27)(H,25,26). The molecule has 2 amide bonds. The monoisotopic (exact) mass is 396 g/mol. The molecule has 3 N–H and O–H groups in total. The largest absolute Gasteiger partial charge is 0.493 e. The summed E-state index contributed by atoms with van der Waals surface area (Å²) in [7, 11) is 1.58. The van der Waals surface area contributed by atoms with Crippen LogP contribution >= 0.6 is 0 Å². The topological polar surface area (TPSA) is 90.6 Å². The van der Waals surface area contributed by atoms with Gasteiger partial charge in [0, 0.05) is 6.08 Å². The number of rotatable bonds is 11. The van der Waals surface area contributed by atoms with E-state index < -0.39 is 5.91 Å². The minimum Gasteiger partial charge on any atom is -0.493 e. The maximum absolute atomic E-state index is 12.2. The Labute approximate surface area is 171 Å². The number of para-hydroxylation sites is 1. The van der Waals surface area contributed by atoms with Crippen molar-refractivity contribution in [2.75, 3.05) is 19.0 Å². The molecule has 0 radical (unpaired) electrons. The quantitative estimate of drug-likeness (QED) is 0.435. The predicted octanol–water partition coefficient (Wildman–Crippen LogP) is 4.41. The zero-order valence-electron chi connectivity index (χ0n) is 16.9. The molecule has 29 heavy (non-hydrogen) atoms. The van der Waals surface area contributed by atoms with Gasteiger partial charge in [-0.2, -0.15) is 0 Å². The number of ether oxygens (including phenoxy) is 2. The molecule has 0 atom stereocenters. The third kappa shape index (κ3) is 6.99. The number of carbonyl (C=O) groups excluding carboxylic acids is 2. The molecular weight excluding hydrogens is 368 g/mol. The fraction of sp³-hybridized carbons (Fsp3) is 0.304. The van der Waals surface area contributed by atoms with Crippen molar-refractivity contribution in [3.8, 4) is 11.5 Å². The lowest BCUT2D eigenvalue weighted by Gasteiger charge is -2.11. The molecule has 0 aliphatic carbocycles. The molecule has 0 aliphatic heterocycles. The summed E-state index contributed by atoms with van der Waals surface area (Å²) >= 11 is 0. The maximum atomic E-state index is 12.2. The summed E-state index contributed by atoms with van der Waals surface area (Å²) in [6.07, 6.45) is 7.59. The van der Waals surface area contributed by atoms with Gasteiger partial charge in [0.2, 0.25) is 5.91 Å². The number of carbonyl (C=O) groups is 2. The molecule has 0 aromatic heterocycles. The second-order valence-corrected chi connectivity index (χ2v) is 6.55. The Morgan fingerprint density at radius 3 is 2.59 bits per heavy atom. The van der Waals surface area contributed by atoms with Gasteiger partial charge in [0.25, 0.3) is 5.91 Å². The van der Waals surface area contributed by atoms with Gasteiger partial charge in [0.1, 0.15) is 0 Å². The van der Waals surface area contributed by atoms with Crippen molar-refractivity contribution < 1.29 is 19.1 Å². The number of methoxy groups -OCH3 is 1. The lowest BCUT2D eigenvalue weighted by atomic mass is 10.1. The van der Waals surface area contributed by atoms with E-state index in [4.69, 9.17) is 15.2 Å².